The van der Waals surface area contributed by atoms with Crippen LogP contribution in [0.25, 0.3) is 0 Å². The third kappa shape index (κ3) is 2.10. The SMILES string of the molecule is Fc1cc2c(cc1F)N(C1CC1)C(c1cnnc(Cl)c1)N2. The predicted octanol–water partition coefficient (Wildman–Crippen LogP) is 3.50. The van der Waals surface area contributed by atoms with Crippen LogP contribution < -0.4 is 10.2 Å². The Morgan fingerprint density at radius 3 is 2.67 bits per heavy atom. The van der Waals surface area contributed by atoms with Gasteiger partial charge in [0, 0.05) is 23.7 Å². The summed E-state index contributed by atoms with van der Waals surface area (Å²) in [5, 5.41) is 11.1. The summed E-state index contributed by atoms with van der Waals surface area (Å²) in [4.78, 5) is 2.06. The Morgan fingerprint density at radius 2 is 1.95 bits per heavy atom. The van der Waals surface area contributed by atoms with Gasteiger partial charge in [0.05, 0.1) is 17.6 Å². The Morgan fingerprint density at radius 1 is 1.19 bits per heavy atom. The van der Waals surface area contributed by atoms with E-state index < -0.39 is 11.6 Å². The first kappa shape index (κ1) is 12.8. The topological polar surface area (TPSA) is 41.1 Å². The maximum atomic E-state index is 13.6. The molecule has 1 unspecified atom stereocenters. The van der Waals surface area contributed by atoms with Gasteiger partial charge in [-0.15, -0.1) is 5.10 Å². The van der Waals surface area contributed by atoms with Gasteiger partial charge in [0.1, 0.15) is 6.17 Å². The number of benzene rings is 1. The minimum Gasteiger partial charge on any atom is -0.360 e. The highest BCUT2D eigenvalue weighted by Crippen LogP contribution is 2.47. The second kappa shape index (κ2) is 4.53. The Balaban J connectivity index is 1.80. The van der Waals surface area contributed by atoms with E-state index in [0.717, 1.165) is 18.4 Å². The molecule has 0 spiro atoms. The van der Waals surface area contributed by atoms with Crippen LogP contribution in [0.15, 0.2) is 24.4 Å². The molecule has 1 aliphatic heterocycles. The van der Waals surface area contributed by atoms with Gasteiger partial charge in [-0.1, -0.05) is 11.6 Å². The molecule has 1 atom stereocenters. The fourth-order valence-corrected chi connectivity index (χ4v) is 2.90. The van der Waals surface area contributed by atoms with Crippen molar-refractivity contribution in [1.29, 1.82) is 0 Å². The lowest BCUT2D eigenvalue weighted by atomic mass is 10.2. The van der Waals surface area contributed by atoms with Gasteiger partial charge in [-0.05, 0) is 18.9 Å². The maximum Gasteiger partial charge on any atom is 0.161 e. The Hall–Kier alpha value is -1.95. The lowest BCUT2D eigenvalue weighted by Gasteiger charge is -2.26. The molecular weight excluding hydrogens is 298 g/mol. The molecule has 2 aliphatic rings. The Kier molecular flexibility index (Phi) is 2.75. The van der Waals surface area contributed by atoms with Crippen LogP contribution in [-0.4, -0.2) is 16.2 Å². The quantitative estimate of drug-likeness (QED) is 0.922. The average molecular weight is 309 g/mol. The summed E-state index contributed by atoms with van der Waals surface area (Å²) in [6.07, 6.45) is 3.44. The molecule has 1 saturated carbocycles. The predicted molar refractivity (Wildman–Crippen MR) is 75.3 cm³/mol. The minimum atomic E-state index is -0.858. The summed E-state index contributed by atoms with van der Waals surface area (Å²) in [5.74, 6) is -1.70. The van der Waals surface area contributed by atoms with Crippen molar-refractivity contribution in [2.45, 2.75) is 25.0 Å². The molecular formula is C14H11ClF2N4. The normalized spacial score (nSPS) is 20.3. The van der Waals surface area contributed by atoms with Crippen molar-refractivity contribution in [3.05, 3.63) is 46.7 Å². The molecule has 1 N–H and O–H groups in total. The highest BCUT2D eigenvalue weighted by atomic mass is 35.5. The number of rotatable bonds is 2. The number of hydrogen-bond donors (Lipinski definition) is 1. The van der Waals surface area contributed by atoms with Crippen molar-refractivity contribution in [3.8, 4) is 0 Å². The zero-order valence-corrected chi connectivity index (χ0v) is 11.6. The molecule has 0 amide bonds. The van der Waals surface area contributed by atoms with Gasteiger partial charge in [0.15, 0.2) is 16.8 Å². The molecule has 1 aromatic heterocycles. The van der Waals surface area contributed by atoms with E-state index in [1.54, 1.807) is 12.3 Å². The second-order valence-corrected chi connectivity index (χ2v) is 5.67. The summed E-state index contributed by atoms with van der Waals surface area (Å²) in [6, 6.07) is 4.46. The highest BCUT2D eigenvalue weighted by Gasteiger charge is 2.40. The molecule has 2 aromatic rings. The minimum absolute atomic E-state index is 0.235. The van der Waals surface area contributed by atoms with Crippen LogP contribution in [0, 0.1) is 11.6 Å². The standard InChI is InChI=1S/C14H11ClF2N4/c15-13-3-7(6-18-20-13)14-19-11-4-9(16)10(17)5-12(11)21(14)8-1-2-8/h3-6,8,14,19H,1-2H2. The number of nitrogens with one attached hydrogen (secondary N) is 1. The zero-order valence-electron chi connectivity index (χ0n) is 10.9. The molecule has 0 saturated heterocycles. The summed E-state index contributed by atoms with van der Waals surface area (Å²) in [7, 11) is 0. The summed E-state index contributed by atoms with van der Waals surface area (Å²) < 4.78 is 27.0. The van der Waals surface area contributed by atoms with Crippen molar-refractivity contribution in [2.24, 2.45) is 0 Å². The highest BCUT2D eigenvalue weighted by molar-refractivity contribution is 6.29. The third-order valence-corrected chi connectivity index (χ3v) is 3.97. The number of hydrogen-bond acceptors (Lipinski definition) is 4. The summed E-state index contributed by atoms with van der Waals surface area (Å²) in [6.45, 7) is 0. The molecule has 0 radical (unpaired) electrons. The molecule has 7 heteroatoms. The van der Waals surface area contributed by atoms with E-state index in [-0.39, 0.29) is 6.17 Å². The van der Waals surface area contributed by atoms with E-state index >= 15 is 0 Å². The average Bonchev–Trinajstić information content (AvgIpc) is 3.22. The number of fused-ring (bicyclic) bond motifs is 1. The Bertz CT molecular complexity index is 720. The van der Waals surface area contributed by atoms with Gasteiger partial charge < -0.3 is 10.2 Å². The van der Waals surface area contributed by atoms with E-state index in [0.29, 0.717) is 22.6 Å². The van der Waals surface area contributed by atoms with Crippen LogP contribution in [0.1, 0.15) is 24.6 Å². The number of nitrogens with zero attached hydrogens (tertiary/aromatic N) is 3. The molecule has 21 heavy (non-hydrogen) atoms. The van der Waals surface area contributed by atoms with E-state index in [1.807, 2.05) is 0 Å². The third-order valence-electron chi connectivity index (χ3n) is 3.79. The van der Waals surface area contributed by atoms with Crippen molar-refractivity contribution < 1.29 is 8.78 Å². The second-order valence-electron chi connectivity index (χ2n) is 5.28. The van der Waals surface area contributed by atoms with Crippen molar-refractivity contribution >= 4 is 23.0 Å². The molecule has 1 aromatic carbocycles. The van der Waals surface area contributed by atoms with E-state index in [2.05, 4.69) is 20.4 Å². The van der Waals surface area contributed by atoms with Crippen LogP contribution in [0.3, 0.4) is 0 Å². The Labute approximate surface area is 124 Å². The van der Waals surface area contributed by atoms with Crippen LogP contribution in [-0.2, 0) is 0 Å². The summed E-state index contributed by atoms with van der Waals surface area (Å²) in [5.41, 5.74) is 2.08. The fourth-order valence-electron chi connectivity index (χ4n) is 2.73. The molecule has 0 bridgehead atoms. The first-order chi connectivity index (χ1) is 10.1. The number of halogens is 3. The van der Waals surface area contributed by atoms with Crippen molar-refractivity contribution in [3.63, 3.8) is 0 Å². The molecule has 1 fully saturated rings. The van der Waals surface area contributed by atoms with Crippen LogP contribution in [0.5, 0.6) is 0 Å². The van der Waals surface area contributed by atoms with Crippen LogP contribution in [0.4, 0.5) is 20.2 Å². The molecule has 4 rings (SSSR count). The van der Waals surface area contributed by atoms with E-state index in [4.69, 9.17) is 11.6 Å². The first-order valence-electron chi connectivity index (χ1n) is 6.65. The van der Waals surface area contributed by atoms with Gasteiger partial charge in [-0.3, -0.25) is 0 Å². The van der Waals surface area contributed by atoms with E-state index in [1.165, 1.54) is 12.1 Å². The summed E-state index contributed by atoms with van der Waals surface area (Å²) >= 11 is 5.89. The van der Waals surface area contributed by atoms with Gasteiger partial charge in [-0.25, -0.2) is 8.78 Å². The zero-order chi connectivity index (χ0) is 14.6. The molecule has 108 valence electrons. The van der Waals surface area contributed by atoms with Gasteiger partial charge >= 0.3 is 0 Å². The number of aromatic nitrogens is 2. The van der Waals surface area contributed by atoms with Crippen molar-refractivity contribution in [2.75, 3.05) is 10.2 Å². The fraction of sp³-hybridized carbons (Fsp3) is 0.286. The number of anilines is 2. The lowest BCUT2D eigenvalue weighted by Crippen LogP contribution is -2.30. The molecule has 4 nitrogen and oxygen atoms in total. The lowest BCUT2D eigenvalue weighted by molar-refractivity contribution is 0.509. The van der Waals surface area contributed by atoms with Crippen LogP contribution >= 0.6 is 11.6 Å². The molecule has 2 heterocycles. The monoisotopic (exact) mass is 308 g/mol. The van der Waals surface area contributed by atoms with E-state index in [9.17, 15) is 8.78 Å². The van der Waals surface area contributed by atoms with Gasteiger partial charge in [0.2, 0.25) is 0 Å². The van der Waals surface area contributed by atoms with Gasteiger partial charge in [-0.2, -0.15) is 5.10 Å². The van der Waals surface area contributed by atoms with Crippen LogP contribution in [0.2, 0.25) is 5.15 Å². The first-order valence-corrected chi connectivity index (χ1v) is 7.03. The van der Waals surface area contributed by atoms with Crippen molar-refractivity contribution in [1.82, 2.24) is 10.2 Å². The smallest absolute Gasteiger partial charge is 0.161 e. The molecule has 1 aliphatic carbocycles. The largest absolute Gasteiger partial charge is 0.360 e. The van der Waals surface area contributed by atoms with Gasteiger partial charge in [0.25, 0.3) is 0 Å². The maximum absolute atomic E-state index is 13.6.